The number of nitriles is 1. The maximum atomic E-state index is 11.4. The number of methoxy groups -OCH3 is 1. The van der Waals surface area contributed by atoms with Crippen LogP contribution in [0.1, 0.15) is 25.7 Å². The van der Waals surface area contributed by atoms with Crippen molar-refractivity contribution in [2.75, 3.05) is 26.7 Å². The van der Waals surface area contributed by atoms with E-state index >= 15 is 0 Å². The van der Waals surface area contributed by atoms with Crippen molar-refractivity contribution in [3.8, 4) is 6.07 Å². The van der Waals surface area contributed by atoms with Crippen molar-refractivity contribution in [2.45, 2.75) is 37.8 Å². The zero-order valence-electron chi connectivity index (χ0n) is 10.9. The quantitative estimate of drug-likeness (QED) is 0.570. The lowest BCUT2D eigenvalue weighted by atomic mass is 9.91. The third-order valence-electron chi connectivity index (χ3n) is 3.64. The Morgan fingerprint density at radius 3 is 2.83 bits per heavy atom. The van der Waals surface area contributed by atoms with E-state index in [0.717, 1.165) is 19.5 Å². The van der Waals surface area contributed by atoms with Gasteiger partial charge in [-0.3, -0.25) is 9.69 Å². The molecule has 2 atom stereocenters. The topological polar surface area (TPSA) is 65.4 Å². The van der Waals surface area contributed by atoms with E-state index in [1.54, 1.807) is 0 Å². The van der Waals surface area contributed by atoms with Crippen LogP contribution in [0.5, 0.6) is 0 Å². The Labute approximate surface area is 108 Å². The molecule has 0 amide bonds. The number of carbonyl (C=O) groups is 1. The molecule has 2 fully saturated rings. The standard InChI is InChI=1S/C13H21N3O2/c1-18-13(17)7-10-6-12(15-11-2-3-11)9-16(8-10)5-4-14/h10-12,15H,2-3,5-9H2,1H3. The molecular formula is C13H21N3O2. The number of ether oxygens (including phenoxy) is 1. The summed E-state index contributed by atoms with van der Waals surface area (Å²) in [5.74, 6) is 0.153. The average Bonchev–Trinajstić information content (AvgIpc) is 3.13. The number of piperidine rings is 1. The normalized spacial score (nSPS) is 28.7. The first kappa shape index (κ1) is 13.3. The summed E-state index contributed by atoms with van der Waals surface area (Å²) in [5, 5.41) is 12.4. The lowest BCUT2D eigenvalue weighted by Crippen LogP contribution is -2.50. The highest BCUT2D eigenvalue weighted by Crippen LogP contribution is 2.25. The van der Waals surface area contributed by atoms with Gasteiger partial charge in [0, 0.05) is 31.6 Å². The van der Waals surface area contributed by atoms with E-state index in [9.17, 15) is 4.79 Å². The molecule has 100 valence electrons. The Morgan fingerprint density at radius 2 is 2.22 bits per heavy atom. The minimum atomic E-state index is -0.149. The highest BCUT2D eigenvalue weighted by Gasteiger charge is 2.32. The van der Waals surface area contributed by atoms with Gasteiger partial charge >= 0.3 is 5.97 Å². The number of hydrogen-bond donors (Lipinski definition) is 1. The number of hydrogen-bond acceptors (Lipinski definition) is 5. The molecule has 5 nitrogen and oxygen atoms in total. The monoisotopic (exact) mass is 251 g/mol. The van der Waals surface area contributed by atoms with Crippen molar-refractivity contribution in [1.29, 1.82) is 5.26 Å². The summed E-state index contributed by atoms with van der Waals surface area (Å²) in [5.41, 5.74) is 0. The van der Waals surface area contributed by atoms with Gasteiger partial charge < -0.3 is 10.1 Å². The van der Waals surface area contributed by atoms with Gasteiger partial charge in [0.15, 0.2) is 0 Å². The Bertz CT molecular complexity index is 336. The SMILES string of the molecule is COC(=O)CC1CC(NC2CC2)CN(CC#N)C1. The van der Waals surface area contributed by atoms with E-state index in [4.69, 9.17) is 10.00 Å². The van der Waals surface area contributed by atoms with Gasteiger partial charge in [-0.2, -0.15) is 5.26 Å². The van der Waals surface area contributed by atoms with E-state index in [1.165, 1.54) is 20.0 Å². The third-order valence-corrected chi connectivity index (χ3v) is 3.64. The van der Waals surface area contributed by atoms with Crippen LogP contribution in [0.4, 0.5) is 0 Å². The third kappa shape index (κ3) is 3.97. The molecular weight excluding hydrogens is 230 g/mol. The van der Waals surface area contributed by atoms with Gasteiger partial charge in [0.1, 0.15) is 0 Å². The second-order valence-electron chi connectivity index (χ2n) is 5.37. The van der Waals surface area contributed by atoms with Crippen LogP contribution in [0.3, 0.4) is 0 Å². The molecule has 0 spiro atoms. The van der Waals surface area contributed by atoms with Crippen LogP contribution in [-0.4, -0.2) is 49.7 Å². The maximum absolute atomic E-state index is 11.4. The van der Waals surface area contributed by atoms with Crippen LogP contribution in [0.15, 0.2) is 0 Å². The first-order valence-electron chi connectivity index (χ1n) is 6.63. The van der Waals surface area contributed by atoms with Crippen molar-refractivity contribution in [2.24, 2.45) is 5.92 Å². The molecule has 18 heavy (non-hydrogen) atoms. The molecule has 1 saturated heterocycles. The first-order valence-corrected chi connectivity index (χ1v) is 6.63. The van der Waals surface area contributed by atoms with Gasteiger partial charge in [-0.15, -0.1) is 0 Å². The second kappa shape index (κ2) is 6.17. The number of nitrogens with zero attached hydrogens (tertiary/aromatic N) is 2. The predicted octanol–water partition coefficient (Wildman–Crippen LogP) is 0.516. The molecule has 1 N–H and O–H groups in total. The van der Waals surface area contributed by atoms with Gasteiger partial charge in [-0.05, 0) is 25.2 Å². The van der Waals surface area contributed by atoms with Crippen molar-refractivity contribution < 1.29 is 9.53 Å². The van der Waals surface area contributed by atoms with Gasteiger partial charge in [-0.1, -0.05) is 0 Å². The van der Waals surface area contributed by atoms with E-state index in [1.807, 2.05) is 0 Å². The van der Waals surface area contributed by atoms with Crippen molar-refractivity contribution in [1.82, 2.24) is 10.2 Å². The molecule has 1 heterocycles. The molecule has 0 aromatic rings. The summed E-state index contributed by atoms with van der Waals surface area (Å²) in [6.07, 6.45) is 3.99. The fourth-order valence-electron chi connectivity index (χ4n) is 2.70. The largest absolute Gasteiger partial charge is 0.469 e. The lowest BCUT2D eigenvalue weighted by molar-refractivity contribution is -0.142. The van der Waals surface area contributed by atoms with E-state index < -0.39 is 0 Å². The highest BCUT2D eigenvalue weighted by atomic mass is 16.5. The molecule has 0 radical (unpaired) electrons. The molecule has 1 aliphatic carbocycles. The number of esters is 1. The summed E-state index contributed by atoms with van der Waals surface area (Å²) in [4.78, 5) is 13.5. The van der Waals surface area contributed by atoms with Crippen molar-refractivity contribution >= 4 is 5.97 Å². The van der Waals surface area contributed by atoms with Gasteiger partial charge in [0.05, 0.1) is 19.7 Å². The Balaban J connectivity index is 1.87. The fraction of sp³-hybridized carbons (Fsp3) is 0.846. The van der Waals surface area contributed by atoms with Crippen LogP contribution in [-0.2, 0) is 9.53 Å². The molecule has 1 aliphatic heterocycles. The zero-order valence-corrected chi connectivity index (χ0v) is 10.9. The molecule has 0 bridgehead atoms. The summed E-state index contributed by atoms with van der Waals surface area (Å²) >= 11 is 0. The van der Waals surface area contributed by atoms with E-state index in [2.05, 4.69) is 16.3 Å². The molecule has 5 heteroatoms. The lowest BCUT2D eigenvalue weighted by Gasteiger charge is -2.36. The fourth-order valence-corrected chi connectivity index (χ4v) is 2.70. The average molecular weight is 251 g/mol. The van der Waals surface area contributed by atoms with Crippen LogP contribution < -0.4 is 5.32 Å². The zero-order chi connectivity index (χ0) is 13.0. The minimum Gasteiger partial charge on any atom is -0.469 e. The van der Waals surface area contributed by atoms with E-state index in [-0.39, 0.29) is 5.97 Å². The maximum Gasteiger partial charge on any atom is 0.305 e. The summed E-state index contributed by atoms with van der Waals surface area (Å²) in [7, 11) is 1.43. The Kier molecular flexibility index (Phi) is 4.56. The van der Waals surface area contributed by atoms with Gasteiger partial charge in [0.2, 0.25) is 0 Å². The van der Waals surface area contributed by atoms with Gasteiger partial charge in [-0.25, -0.2) is 0 Å². The molecule has 1 saturated carbocycles. The summed E-state index contributed by atoms with van der Waals surface area (Å²) in [6.45, 7) is 2.19. The van der Waals surface area contributed by atoms with E-state index in [0.29, 0.717) is 31.0 Å². The Morgan fingerprint density at radius 1 is 1.44 bits per heavy atom. The smallest absolute Gasteiger partial charge is 0.305 e. The molecule has 0 aromatic heterocycles. The number of nitrogens with one attached hydrogen (secondary N) is 1. The van der Waals surface area contributed by atoms with Crippen LogP contribution in [0.2, 0.25) is 0 Å². The predicted molar refractivity (Wildman–Crippen MR) is 66.7 cm³/mol. The summed E-state index contributed by atoms with van der Waals surface area (Å²) in [6, 6.07) is 3.27. The van der Waals surface area contributed by atoms with Crippen molar-refractivity contribution in [3.63, 3.8) is 0 Å². The van der Waals surface area contributed by atoms with Gasteiger partial charge in [0.25, 0.3) is 0 Å². The molecule has 0 aromatic carbocycles. The Hall–Kier alpha value is -1.12. The van der Waals surface area contributed by atoms with Crippen LogP contribution >= 0.6 is 0 Å². The number of carbonyl (C=O) groups excluding carboxylic acids is 1. The van der Waals surface area contributed by atoms with Crippen LogP contribution in [0.25, 0.3) is 0 Å². The first-order chi connectivity index (χ1) is 8.71. The number of rotatable bonds is 5. The minimum absolute atomic E-state index is 0.149. The van der Waals surface area contributed by atoms with Crippen LogP contribution in [0, 0.1) is 17.2 Å². The highest BCUT2D eigenvalue weighted by molar-refractivity contribution is 5.69. The molecule has 2 unspecified atom stereocenters. The second-order valence-corrected chi connectivity index (χ2v) is 5.37. The molecule has 2 aliphatic rings. The van der Waals surface area contributed by atoms with Crippen molar-refractivity contribution in [3.05, 3.63) is 0 Å². The number of likely N-dealkylation sites (tertiary alicyclic amines) is 1. The molecule has 2 rings (SSSR count). The summed E-state index contributed by atoms with van der Waals surface area (Å²) < 4.78 is 4.73.